The maximum absolute atomic E-state index is 12.3. The van der Waals surface area contributed by atoms with Crippen molar-refractivity contribution in [1.29, 1.82) is 0 Å². The summed E-state index contributed by atoms with van der Waals surface area (Å²) in [4.78, 5) is 12.3. The summed E-state index contributed by atoms with van der Waals surface area (Å²) in [6.07, 6.45) is 0. The number of nitrogens with zero attached hydrogens (tertiary/aromatic N) is 3. The van der Waals surface area contributed by atoms with Crippen molar-refractivity contribution in [3.8, 4) is 17.2 Å². The minimum atomic E-state index is -0.253. The zero-order chi connectivity index (χ0) is 17.1. The fraction of sp³-hybridized carbons (Fsp3) is 0.438. The van der Waals surface area contributed by atoms with E-state index in [0.717, 1.165) is 5.69 Å². The van der Waals surface area contributed by atoms with Crippen LogP contribution in [0.15, 0.2) is 18.2 Å². The third-order valence-corrected chi connectivity index (χ3v) is 3.89. The van der Waals surface area contributed by atoms with Gasteiger partial charge in [-0.05, 0) is 31.5 Å². The van der Waals surface area contributed by atoms with Crippen molar-refractivity contribution < 1.29 is 14.3 Å². The lowest BCUT2D eigenvalue weighted by atomic mass is 10.2. The Morgan fingerprint density at radius 1 is 1.38 bits per heavy atom. The van der Waals surface area contributed by atoms with Crippen LogP contribution in [0.4, 0.5) is 0 Å². The average molecular weight is 331 g/mol. The maximum atomic E-state index is 12.3. The molecule has 1 amide bonds. The van der Waals surface area contributed by atoms with Gasteiger partial charge in [-0.25, -0.2) is 4.68 Å². The largest absolute Gasteiger partial charge is 0.486 e. The second kappa shape index (κ2) is 6.88. The first-order chi connectivity index (χ1) is 11.6. The number of nitrogens with one attached hydrogen (secondary N) is 1. The van der Waals surface area contributed by atoms with Crippen molar-refractivity contribution >= 4 is 5.91 Å². The van der Waals surface area contributed by atoms with E-state index in [-0.39, 0.29) is 11.8 Å². The molecule has 3 rings (SSSR count). The molecule has 1 aromatic carbocycles. The van der Waals surface area contributed by atoms with Gasteiger partial charge in [0, 0.05) is 12.6 Å². The molecule has 1 unspecified atom stereocenters. The fourth-order valence-corrected chi connectivity index (χ4v) is 2.38. The zero-order valence-corrected chi connectivity index (χ0v) is 13.8. The molecule has 24 heavy (non-hydrogen) atoms. The van der Waals surface area contributed by atoms with Crippen molar-refractivity contribution in [2.45, 2.75) is 13.8 Å². The fourth-order valence-electron chi connectivity index (χ4n) is 2.38. The molecule has 128 valence electrons. The second-order valence-electron chi connectivity index (χ2n) is 5.81. The van der Waals surface area contributed by atoms with Crippen molar-refractivity contribution in [3.05, 3.63) is 29.6 Å². The molecule has 2 aromatic rings. The van der Waals surface area contributed by atoms with Gasteiger partial charge in [0.2, 0.25) is 0 Å². The molecule has 8 heteroatoms. The van der Waals surface area contributed by atoms with E-state index in [1.54, 1.807) is 11.6 Å². The highest BCUT2D eigenvalue weighted by molar-refractivity contribution is 5.93. The van der Waals surface area contributed by atoms with E-state index < -0.39 is 0 Å². The summed E-state index contributed by atoms with van der Waals surface area (Å²) < 4.78 is 12.7. The number of nitrogens with two attached hydrogens (primary N) is 1. The minimum Gasteiger partial charge on any atom is -0.486 e. The van der Waals surface area contributed by atoms with Crippen LogP contribution in [0, 0.1) is 12.8 Å². The number of aromatic nitrogens is 3. The predicted molar refractivity (Wildman–Crippen MR) is 87.6 cm³/mol. The number of hydrogen-bond acceptors (Lipinski definition) is 6. The SMILES string of the molecule is Cc1c(C(=O)NCC(C)CN)nnn1-c1ccc2c(c1)OCCO2. The Balaban J connectivity index is 1.81. The standard InChI is InChI=1S/C16H21N5O3/c1-10(8-17)9-18-16(22)15-11(2)21(20-19-15)12-3-4-13-14(7-12)24-6-5-23-13/h3-4,7,10H,5-6,8-9,17H2,1-2H3,(H,18,22). The van der Waals surface area contributed by atoms with Crippen LogP contribution in [0.3, 0.4) is 0 Å². The number of carbonyl (C=O) groups is 1. The Bertz CT molecular complexity index is 743. The van der Waals surface area contributed by atoms with Crippen LogP contribution in [-0.2, 0) is 0 Å². The first-order valence-electron chi connectivity index (χ1n) is 7.90. The number of ether oxygens (including phenoxy) is 2. The third-order valence-electron chi connectivity index (χ3n) is 3.89. The van der Waals surface area contributed by atoms with Crippen molar-refractivity contribution in [1.82, 2.24) is 20.3 Å². The Morgan fingerprint density at radius 3 is 2.88 bits per heavy atom. The molecular weight excluding hydrogens is 310 g/mol. The molecule has 0 saturated carbocycles. The van der Waals surface area contributed by atoms with Crippen LogP contribution in [-0.4, -0.2) is 47.2 Å². The lowest BCUT2D eigenvalue weighted by Crippen LogP contribution is -2.31. The summed E-state index contributed by atoms with van der Waals surface area (Å²) in [7, 11) is 0. The first kappa shape index (κ1) is 16.3. The molecule has 0 fully saturated rings. The molecule has 8 nitrogen and oxygen atoms in total. The highest BCUT2D eigenvalue weighted by Crippen LogP contribution is 2.32. The topological polar surface area (TPSA) is 104 Å². The normalized spacial score (nSPS) is 14.3. The summed E-state index contributed by atoms with van der Waals surface area (Å²) >= 11 is 0. The molecular formula is C16H21N5O3. The van der Waals surface area contributed by atoms with Crippen molar-refractivity contribution in [2.24, 2.45) is 11.7 Å². The van der Waals surface area contributed by atoms with E-state index >= 15 is 0 Å². The molecule has 0 radical (unpaired) electrons. The Hall–Kier alpha value is -2.61. The molecule has 1 aliphatic heterocycles. The molecule has 0 spiro atoms. The van der Waals surface area contributed by atoms with Crippen LogP contribution < -0.4 is 20.5 Å². The van der Waals surface area contributed by atoms with Gasteiger partial charge in [-0.1, -0.05) is 12.1 Å². The predicted octanol–water partition coefficient (Wildman–Crippen LogP) is 0.672. The van der Waals surface area contributed by atoms with E-state index in [0.29, 0.717) is 49.2 Å². The lowest BCUT2D eigenvalue weighted by Gasteiger charge is -2.18. The van der Waals surface area contributed by atoms with Gasteiger partial charge in [-0.2, -0.15) is 0 Å². The van der Waals surface area contributed by atoms with E-state index in [4.69, 9.17) is 15.2 Å². The monoisotopic (exact) mass is 331 g/mol. The molecule has 2 heterocycles. The van der Waals surface area contributed by atoms with Crippen LogP contribution in [0.5, 0.6) is 11.5 Å². The van der Waals surface area contributed by atoms with Gasteiger partial charge >= 0.3 is 0 Å². The van der Waals surface area contributed by atoms with Gasteiger partial charge in [0.1, 0.15) is 13.2 Å². The highest BCUT2D eigenvalue weighted by Gasteiger charge is 2.19. The van der Waals surface area contributed by atoms with Gasteiger partial charge < -0.3 is 20.5 Å². The average Bonchev–Trinajstić information content (AvgIpc) is 3.00. The molecule has 1 atom stereocenters. The molecule has 0 bridgehead atoms. The number of amides is 1. The lowest BCUT2D eigenvalue weighted by molar-refractivity contribution is 0.0943. The van der Waals surface area contributed by atoms with Gasteiger partial charge in [-0.15, -0.1) is 5.10 Å². The van der Waals surface area contributed by atoms with Crippen LogP contribution in [0.25, 0.3) is 5.69 Å². The number of rotatable bonds is 5. The molecule has 1 aromatic heterocycles. The summed E-state index contributed by atoms with van der Waals surface area (Å²) in [6, 6.07) is 5.51. The Morgan fingerprint density at radius 2 is 2.12 bits per heavy atom. The van der Waals surface area contributed by atoms with Crippen LogP contribution >= 0.6 is 0 Å². The Kier molecular flexibility index (Phi) is 4.66. The van der Waals surface area contributed by atoms with Gasteiger partial charge in [-0.3, -0.25) is 4.79 Å². The second-order valence-corrected chi connectivity index (χ2v) is 5.81. The number of carbonyl (C=O) groups excluding carboxylic acids is 1. The maximum Gasteiger partial charge on any atom is 0.273 e. The molecule has 1 aliphatic rings. The summed E-state index contributed by atoms with van der Waals surface area (Å²) in [5.41, 5.74) is 7.28. The number of hydrogen-bond donors (Lipinski definition) is 2. The first-order valence-corrected chi connectivity index (χ1v) is 7.90. The van der Waals surface area contributed by atoms with Crippen molar-refractivity contribution in [3.63, 3.8) is 0 Å². The van der Waals surface area contributed by atoms with E-state index in [2.05, 4.69) is 15.6 Å². The highest BCUT2D eigenvalue weighted by atomic mass is 16.6. The molecule has 0 aliphatic carbocycles. The molecule has 0 saturated heterocycles. The number of benzene rings is 1. The minimum absolute atomic E-state index is 0.210. The van der Waals surface area contributed by atoms with E-state index in [1.807, 2.05) is 25.1 Å². The third kappa shape index (κ3) is 3.18. The summed E-state index contributed by atoms with van der Waals surface area (Å²) in [5.74, 6) is 1.33. The molecule has 3 N–H and O–H groups in total. The van der Waals surface area contributed by atoms with E-state index in [9.17, 15) is 4.79 Å². The van der Waals surface area contributed by atoms with Crippen LogP contribution in [0.2, 0.25) is 0 Å². The van der Waals surface area contributed by atoms with Gasteiger partial charge in [0.15, 0.2) is 17.2 Å². The Labute approximate surface area is 139 Å². The summed E-state index contributed by atoms with van der Waals surface area (Å²) in [5, 5.41) is 10.9. The van der Waals surface area contributed by atoms with Gasteiger partial charge in [0.25, 0.3) is 5.91 Å². The van der Waals surface area contributed by atoms with Gasteiger partial charge in [0.05, 0.1) is 11.4 Å². The number of fused-ring (bicyclic) bond motifs is 1. The van der Waals surface area contributed by atoms with Crippen LogP contribution in [0.1, 0.15) is 23.1 Å². The zero-order valence-electron chi connectivity index (χ0n) is 13.8. The summed E-state index contributed by atoms with van der Waals surface area (Å²) in [6.45, 7) is 5.85. The van der Waals surface area contributed by atoms with Crippen molar-refractivity contribution in [2.75, 3.05) is 26.3 Å². The smallest absolute Gasteiger partial charge is 0.273 e. The van der Waals surface area contributed by atoms with E-state index in [1.165, 1.54) is 0 Å². The quantitative estimate of drug-likeness (QED) is 0.834.